The molecule has 0 aromatic rings. The summed E-state index contributed by atoms with van der Waals surface area (Å²) in [5.74, 6) is 0.859. The molecule has 0 saturated heterocycles. The Morgan fingerprint density at radius 3 is 2.12 bits per heavy atom. The first-order valence-corrected chi connectivity index (χ1v) is 6.70. The normalized spacial score (nSPS) is 18.5. The number of nitrogens with zero attached hydrogens (tertiary/aromatic N) is 1. The third-order valence-corrected chi connectivity index (χ3v) is 4.50. The van der Waals surface area contributed by atoms with E-state index in [0.717, 1.165) is 6.54 Å². The van der Waals surface area contributed by atoms with Gasteiger partial charge < -0.3 is 10.6 Å². The summed E-state index contributed by atoms with van der Waals surface area (Å²) in [4.78, 5) is 14.3. The van der Waals surface area contributed by atoms with Crippen LogP contribution in [0.3, 0.4) is 0 Å². The highest BCUT2D eigenvalue weighted by atomic mass is 16.2. The zero-order chi connectivity index (χ0) is 13.3. The molecular formula is C14H28N2O. The van der Waals surface area contributed by atoms with Gasteiger partial charge in [-0.15, -0.1) is 0 Å². The molecule has 0 atom stereocenters. The zero-order valence-corrected chi connectivity index (χ0v) is 12.0. The highest BCUT2D eigenvalue weighted by molar-refractivity contribution is 5.83. The second kappa shape index (κ2) is 4.97. The summed E-state index contributed by atoms with van der Waals surface area (Å²) in [5, 5.41) is 0. The highest BCUT2D eigenvalue weighted by Crippen LogP contribution is 2.32. The Kier molecular flexibility index (Phi) is 4.23. The Labute approximate surface area is 106 Å². The maximum absolute atomic E-state index is 12.4. The van der Waals surface area contributed by atoms with Crippen molar-refractivity contribution in [2.45, 2.75) is 58.9 Å². The monoisotopic (exact) mass is 240 g/mol. The van der Waals surface area contributed by atoms with Crippen LogP contribution in [-0.4, -0.2) is 29.9 Å². The fourth-order valence-corrected chi connectivity index (χ4v) is 2.42. The van der Waals surface area contributed by atoms with E-state index in [9.17, 15) is 4.79 Å². The van der Waals surface area contributed by atoms with Crippen LogP contribution in [0.25, 0.3) is 0 Å². The van der Waals surface area contributed by atoms with Crippen LogP contribution < -0.4 is 5.73 Å². The van der Waals surface area contributed by atoms with E-state index in [1.165, 1.54) is 25.7 Å². The molecule has 3 heteroatoms. The molecule has 0 radical (unpaired) electrons. The maximum Gasteiger partial charge on any atom is 0.229 e. The van der Waals surface area contributed by atoms with Crippen LogP contribution in [0.4, 0.5) is 0 Å². The third kappa shape index (κ3) is 3.21. The van der Waals surface area contributed by atoms with Crippen molar-refractivity contribution < 1.29 is 4.79 Å². The first-order chi connectivity index (χ1) is 7.66. The lowest BCUT2D eigenvalue weighted by Gasteiger charge is -2.40. The molecule has 100 valence electrons. The second-order valence-corrected chi connectivity index (χ2v) is 6.68. The van der Waals surface area contributed by atoms with E-state index in [1.807, 2.05) is 39.6 Å². The predicted octanol–water partition coefficient (Wildman–Crippen LogP) is 2.40. The minimum absolute atomic E-state index is 0.164. The van der Waals surface area contributed by atoms with Crippen molar-refractivity contribution in [1.82, 2.24) is 4.90 Å². The van der Waals surface area contributed by atoms with Crippen LogP contribution in [-0.2, 0) is 4.79 Å². The van der Waals surface area contributed by atoms with Gasteiger partial charge in [0.25, 0.3) is 0 Å². The summed E-state index contributed by atoms with van der Waals surface area (Å²) in [6.07, 6.45) is 5.17. The zero-order valence-electron chi connectivity index (χ0n) is 12.0. The largest absolute Gasteiger partial charge is 0.345 e. The summed E-state index contributed by atoms with van der Waals surface area (Å²) in [6.45, 7) is 8.63. The van der Waals surface area contributed by atoms with Crippen molar-refractivity contribution in [2.75, 3.05) is 13.6 Å². The lowest BCUT2D eigenvalue weighted by Crippen LogP contribution is -2.56. The smallest absolute Gasteiger partial charge is 0.229 e. The molecule has 1 rings (SSSR count). The Bertz CT molecular complexity index is 272. The van der Waals surface area contributed by atoms with E-state index in [-0.39, 0.29) is 5.91 Å². The van der Waals surface area contributed by atoms with Crippen LogP contribution in [0.2, 0.25) is 0 Å². The number of amides is 1. The van der Waals surface area contributed by atoms with E-state index in [2.05, 4.69) is 0 Å². The Morgan fingerprint density at radius 1 is 1.24 bits per heavy atom. The Hall–Kier alpha value is -0.570. The number of hydrogen-bond acceptors (Lipinski definition) is 2. The SMILES string of the molecule is CN(CC1CCCC1)C(=O)C(C)(C)C(C)(C)N. The molecule has 0 heterocycles. The molecule has 1 fully saturated rings. The lowest BCUT2D eigenvalue weighted by atomic mass is 9.74. The Balaban J connectivity index is 2.62. The van der Waals surface area contributed by atoms with Gasteiger partial charge in [0.15, 0.2) is 0 Å². The first-order valence-electron chi connectivity index (χ1n) is 6.70. The molecule has 1 amide bonds. The van der Waals surface area contributed by atoms with Gasteiger partial charge in [-0.1, -0.05) is 12.8 Å². The lowest BCUT2D eigenvalue weighted by molar-refractivity contribution is -0.142. The van der Waals surface area contributed by atoms with Gasteiger partial charge in [-0.3, -0.25) is 4.79 Å². The minimum Gasteiger partial charge on any atom is -0.345 e. The van der Waals surface area contributed by atoms with Gasteiger partial charge in [0.1, 0.15) is 0 Å². The molecule has 0 unspecified atom stereocenters. The topological polar surface area (TPSA) is 46.3 Å². The van der Waals surface area contributed by atoms with E-state index in [4.69, 9.17) is 5.73 Å². The molecule has 0 aromatic carbocycles. The molecule has 0 aliphatic heterocycles. The second-order valence-electron chi connectivity index (χ2n) is 6.68. The summed E-state index contributed by atoms with van der Waals surface area (Å²) >= 11 is 0. The van der Waals surface area contributed by atoms with Gasteiger partial charge in [0.05, 0.1) is 5.41 Å². The quantitative estimate of drug-likeness (QED) is 0.820. The van der Waals surface area contributed by atoms with Gasteiger partial charge >= 0.3 is 0 Å². The van der Waals surface area contributed by atoms with Crippen LogP contribution in [0, 0.1) is 11.3 Å². The van der Waals surface area contributed by atoms with Crippen LogP contribution in [0.15, 0.2) is 0 Å². The molecule has 3 nitrogen and oxygen atoms in total. The minimum atomic E-state index is -0.514. The van der Waals surface area contributed by atoms with E-state index >= 15 is 0 Å². The molecule has 1 saturated carbocycles. The van der Waals surface area contributed by atoms with Gasteiger partial charge in [-0.05, 0) is 46.5 Å². The Morgan fingerprint density at radius 2 is 1.71 bits per heavy atom. The highest BCUT2D eigenvalue weighted by Gasteiger charge is 2.42. The average Bonchev–Trinajstić information content (AvgIpc) is 2.67. The molecule has 1 aliphatic carbocycles. The average molecular weight is 240 g/mol. The number of carbonyl (C=O) groups excluding carboxylic acids is 1. The summed E-state index contributed by atoms with van der Waals surface area (Å²) in [5.41, 5.74) is 5.11. The van der Waals surface area contributed by atoms with E-state index in [1.54, 1.807) is 0 Å². The van der Waals surface area contributed by atoms with Gasteiger partial charge in [0.2, 0.25) is 5.91 Å². The van der Waals surface area contributed by atoms with Crippen molar-refractivity contribution in [3.8, 4) is 0 Å². The van der Waals surface area contributed by atoms with E-state index in [0.29, 0.717) is 5.92 Å². The third-order valence-electron chi connectivity index (χ3n) is 4.50. The number of hydrogen-bond donors (Lipinski definition) is 1. The molecule has 17 heavy (non-hydrogen) atoms. The number of carbonyl (C=O) groups is 1. The fourth-order valence-electron chi connectivity index (χ4n) is 2.42. The summed E-state index contributed by atoms with van der Waals surface area (Å²) in [7, 11) is 1.91. The fraction of sp³-hybridized carbons (Fsp3) is 0.929. The molecule has 1 aliphatic rings. The molecule has 0 aromatic heterocycles. The van der Waals surface area contributed by atoms with Gasteiger partial charge in [0, 0.05) is 19.1 Å². The maximum atomic E-state index is 12.4. The van der Waals surface area contributed by atoms with Crippen molar-refractivity contribution in [3.05, 3.63) is 0 Å². The van der Waals surface area contributed by atoms with Crippen LogP contribution in [0.1, 0.15) is 53.4 Å². The van der Waals surface area contributed by atoms with Gasteiger partial charge in [-0.2, -0.15) is 0 Å². The first kappa shape index (κ1) is 14.5. The van der Waals surface area contributed by atoms with Crippen molar-refractivity contribution >= 4 is 5.91 Å². The summed E-state index contributed by atoms with van der Waals surface area (Å²) in [6, 6.07) is 0. The number of rotatable bonds is 4. The van der Waals surface area contributed by atoms with E-state index < -0.39 is 11.0 Å². The van der Waals surface area contributed by atoms with Crippen molar-refractivity contribution in [3.63, 3.8) is 0 Å². The van der Waals surface area contributed by atoms with Crippen molar-refractivity contribution in [1.29, 1.82) is 0 Å². The molecule has 0 spiro atoms. The van der Waals surface area contributed by atoms with Crippen LogP contribution in [0.5, 0.6) is 0 Å². The number of nitrogens with two attached hydrogens (primary N) is 1. The standard InChI is InChI=1S/C14H28N2O/c1-13(2,14(3,4)15)12(17)16(5)10-11-8-6-7-9-11/h11H,6-10,15H2,1-5H3. The summed E-state index contributed by atoms with van der Waals surface area (Å²) < 4.78 is 0. The predicted molar refractivity (Wildman–Crippen MR) is 71.6 cm³/mol. The molecular weight excluding hydrogens is 212 g/mol. The van der Waals surface area contributed by atoms with Gasteiger partial charge in [-0.25, -0.2) is 0 Å². The molecule has 0 bridgehead atoms. The molecule has 2 N–H and O–H groups in total. The van der Waals surface area contributed by atoms with Crippen LogP contribution >= 0.6 is 0 Å². The van der Waals surface area contributed by atoms with Crippen molar-refractivity contribution in [2.24, 2.45) is 17.1 Å².